The van der Waals surface area contributed by atoms with E-state index in [2.05, 4.69) is 23.3 Å². The van der Waals surface area contributed by atoms with Crippen molar-refractivity contribution < 1.29 is 19.8 Å². The van der Waals surface area contributed by atoms with Crippen LogP contribution in [0.1, 0.15) is 20.3 Å². The monoisotopic (exact) mass is 318 g/mol. The zero-order valence-electron chi connectivity index (χ0n) is 11.5. The van der Waals surface area contributed by atoms with Gasteiger partial charge in [0, 0.05) is 68.4 Å². The van der Waals surface area contributed by atoms with Crippen LogP contribution in [0.2, 0.25) is 0 Å². The minimum absolute atomic E-state index is 0. The fourth-order valence-electron chi connectivity index (χ4n) is 1.12. The molecule has 0 aromatic carbocycles. The zero-order valence-corrected chi connectivity index (χ0v) is 14.6. The van der Waals surface area contributed by atoms with E-state index in [9.17, 15) is 14.7 Å². The molecular weight excluding hydrogens is 296 g/mol. The van der Waals surface area contributed by atoms with Crippen LogP contribution in [0.25, 0.3) is 0 Å². The fourth-order valence-corrected chi connectivity index (χ4v) is 1.23. The van der Waals surface area contributed by atoms with Crippen LogP contribution in [0.15, 0.2) is 0 Å². The smallest absolute Gasteiger partial charge is 0.249 e. The molecule has 1 atom stereocenters. The molecule has 0 rings (SSSR count). The van der Waals surface area contributed by atoms with Crippen molar-refractivity contribution in [3.8, 4) is 0 Å². The summed E-state index contributed by atoms with van der Waals surface area (Å²) in [5.74, 6) is -0.210. The largest absolute Gasteiger partial charge is 0.396 e. The van der Waals surface area contributed by atoms with Gasteiger partial charge in [-0.15, -0.1) is 0 Å². The Morgan fingerprint density at radius 3 is 2.32 bits per heavy atom. The van der Waals surface area contributed by atoms with Crippen LogP contribution in [0, 0.1) is 5.41 Å². The first-order chi connectivity index (χ1) is 8.35. The first kappa shape index (κ1) is 21.8. The molecule has 2 radical (unpaired) electrons. The first-order valence-electron chi connectivity index (χ1n) is 5.79. The van der Waals surface area contributed by atoms with Crippen molar-refractivity contribution in [3.05, 3.63) is 0 Å². The minimum atomic E-state index is -1.30. The standard InChI is InChI=1S/C11H22N2O4S.Ca/c1-11(2,7-14)9(16)10(17)13-4-3-8(15)12-5-6-18;/h9,14,16,18H,3-7H2,1-2H3,(H,12,15)(H,13,17);/t9-;/m0./s1. The maximum Gasteiger partial charge on any atom is 0.249 e. The topological polar surface area (TPSA) is 98.7 Å². The summed E-state index contributed by atoms with van der Waals surface area (Å²) >= 11 is 3.95. The number of nitrogens with one attached hydrogen (secondary N) is 2. The maximum atomic E-state index is 11.5. The predicted octanol–water partition coefficient (Wildman–Crippen LogP) is -1.46. The van der Waals surface area contributed by atoms with Crippen LogP contribution >= 0.6 is 12.6 Å². The van der Waals surface area contributed by atoms with Gasteiger partial charge in [0.15, 0.2) is 0 Å². The van der Waals surface area contributed by atoms with Crippen LogP contribution in [0.5, 0.6) is 0 Å². The molecule has 0 bridgehead atoms. The van der Waals surface area contributed by atoms with Gasteiger partial charge in [-0.25, -0.2) is 0 Å². The number of aliphatic hydroxyl groups excluding tert-OH is 2. The second-order valence-electron chi connectivity index (χ2n) is 4.66. The molecule has 0 heterocycles. The molecule has 108 valence electrons. The Morgan fingerprint density at radius 1 is 1.26 bits per heavy atom. The summed E-state index contributed by atoms with van der Waals surface area (Å²) in [6, 6.07) is 0. The van der Waals surface area contributed by atoms with E-state index in [0.29, 0.717) is 12.3 Å². The molecule has 0 aliphatic heterocycles. The van der Waals surface area contributed by atoms with E-state index in [1.165, 1.54) is 0 Å². The second-order valence-corrected chi connectivity index (χ2v) is 5.11. The summed E-state index contributed by atoms with van der Waals surface area (Å²) in [6.07, 6.45) is -1.16. The van der Waals surface area contributed by atoms with Crippen molar-refractivity contribution in [1.29, 1.82) is 0 Å². The molecule has 0 saturated carbocycles. The van der Waals surface area contributed by atoms with E-state index in [4.69, 9.17) is 5.11 Å². The third kappa shape index (κ3) is 9.10. The number of rotatable bonds is 8. The Bertz CT molecular complexity index is 290. The van der Waals surface area contributed by atoms with Gasteiger partial charge in [0.05, 0.1) is 6.61 Å². The van der Waals surface area contributed by atoms with Gasteiger partial charge in [-0.2, -0.15) is 12.6 Å². The van der Waals surface area contributed by atoms with Gasteiger partial charge < -0.3 is 20.8 Å². The summed E-state index contributed by atoms with van der Waals surface area (Å²) in [7, 11) is 0. The van der Waals surface area contributed by atoms with Crippen molar-refractivity contribution in [2.45, 2.75) is 26.4 Å². The molecule has 4 N–H and O–H groups in total. The molecule has 0 aromatic rings. The van der Waals surface area contributed by atoms with Gasteiger partial charge in [0.25, 0.3) is 0 Å². The van der Waals surface area contributed by atoms with Crippen LogP contribution in [0.3, 0.4) is 0 Å². The van der Waals surface area contributed by atoms with Gasteiger partial charge in [0.1, 0.15) is 6.10 Å². The summed E-state index contributed by atoms with van der Waals surface area (Å²) in [4.78, 5) is 22.7. The van der Waals surface area contributed by atoms with Crippen molar-refractivity contribution in [1.82, 2.24) is 10.6 Å². The fraction of sp³-hybridized carbons (Fsp3) is 0.818. The summed E-state index contributed by atoms with van der Waals surface area (Å²) in [6.45, 7) is 3.49. The number of hydrogen-bond donors (Lipinski definition) is 5. The average molecular weight is 318 g/mol. The van der Waals surface area contributed by atoms with E-state index in [-0.39, 0.29) is 63.2 Å². The zero-order chi connectivity index (χ0) is 14.2. The first-order valence-corrected chi connectivity index (χ1v) is 6.42. The van der Waals surface area contributed by atoms with Crippen molar-refractivity contribution in [2.75, 3.05) is 25.4 Å². The van der Waals surface area contributed by atoms with Crippen molar-refractivity contribution in [3.63, 3.8) is 0 Å². The summed E-state index contributed by atoms with van der Waals surface area (Å²) in [5, 5.41) is 23.7. The van der Waals surface area contributed by atoms with E-state index in [0.717, 1.165) is 0 Å². The summed E-state index contributed by atoms with van der Waals surface area (Å²) in [5.41, 5.74) is -0.904. The van der Waals surface area contributed by atoms with Gasteiger partial charge in [0.2, 0.25) is 11.8 Å². The average Bonchev–Trinajstić information content (AvgIpc) is 2.35. The van der Waals surface area contributed by atoms with E-state index in [1.54, 1.807) is 13.8 Å². The van der Waals surface area contributed by atoms with Crippen LogP contribution in [-0.4, -0.2) is 91.3 Å². The summed E-state index contributed by atoms with van der Waals surface area (Å²) < 4.78 is 0. The number of carbonyl (C=O) groups is 2. The van der Waals surface area contributed by atoms with E-state index < -0.39 is 17.4 Å². The molecule has 0 aliphatic carbocycles. The van der Waals surface area contributed by atoms with Crippen LogP contribution in [0.4, 0.5) is 0 Å². The molecule has 0 aliphatic rings. The number of thiol groups is 1. The second kappa shape index (κ2) is 11.2. The van der Waals surface area contributed by atoms with E-state index in [1.807, 2.05) is 0 Å². The Morgan fingerprint density at radius 2 is 1.84 bits per heavy atom. The number of carbonyl (C=O) groups excluding carboxylic acids is 2. The Hall–Kier alpha value is 0.470. The van der Waals surface area contributed by atoms with E-state index >= 15 is 0 Å². The molecule has 6 nitrogen and oxygen atoms in total. The minimum Gasteiger partial charge on any atom is -0.396 e. The predicted molar refractivity (Wildman–Crippen MR) is 77.1 cm³/mol. The normalized spacial score (nSPS) is 12.3. The number of amides is 2. The SMILES string of the molecule is CC(C)(CO)[C@@H](O)C(=O)NCCC(=O)NCCS.[Ca]. The van der Waals surface area contributed by atoms with Gasteiger partial charge in [-0.3, -0.25) is 9.59 Å². The number of aliphatic hydroxyl groups is 2. The third-order valence-electron chi connectivity index (χ3n) is 2.48. The number of hydrogen-bond acceptors (Lipinski definition) is 5. The quantitative estimate of drug-likeness (QED) is 0.279. The van der Waals surface area contributed by atoms with Gasteiger partial charge in [-0.05, 0) is 0 Å². The Kier molecular flexibility index (Phi) is 12.8. The van der Waals surface area contributed by atoms with Gasteiger partial charge in [-0.1, -0.05) is 13.8 Å². The maximum absolute atomic E-state index is 11.5. The molecule has 0 saturated heterocycles. The molecule has 0 unspecified atom stereocenters. The molecular formula is C11H22CaN2O4S. The molecule has 0 spiro atoms. The Labute approximate surface area is 149 Å². The third-order valence-corrected chi connectivity index (χ3v) is 2.70. The van der Waals surface area contributed by atoms with Crippen LogP contribution in [-0.2, 0) is 9.59 Å². The molecule has 0 fully saturated rings. The van der Waals surface area contributed by atoms with Gasteiger partial charge >= 0.3 is 0 Å². The van der Waals surface area contributed by atoms with Crippen LogP contribution < -0.4 is 10.6 Å². The Balaban J connectivity index is 0. The molecule has 8 heteroatoms. The van der Waals surface area contributed by atoms with Crippen molar-refractivity contribution in [2.24, 2.45) is 5.41 Å². The molecule has 19 heavy (non-hydrogen) atoms. The van der Waals surface area contributed by atoms with Crippen molar-refractivity contribution >= 4 is 62.2 Å². The molecule has 0 aromatic heterocycles. The molecule has 2 amide bonds.